The fourth-order valence-electron chi connectivity index (χ4n) is 3.00. The molecule has 0 spiro atoms. The van der Waals surface area contributed by atoms with Gasteiger partial charge in [0.15, 0.2) is 13.6 Å². The Morgan fingerprint density at radius 2 is 1.58 bits per heavy atom. The Bertz CT molecular complexity index is 697. The van der Waals surface area contributed by atoms with E-state index in [2.05, 4.69) is 6.92 Å². The molecular formula is C21H26O5. The summed E-state index contributed by atoms with van der Waals surface area (Å²) in [6.07, 6.45) is 2.76. The lowest BCUT2D eigenvalue weighted by molar-refractivity contribution is -0.107. The van der Waals surface area contributed by atoms with Crippen molar-refractivity contribution in [1.29, 1.82) is 0 Å². The van der Waals surface area contributed by atoms with Gasteiger partial charge in [-0.25, -0.2) is 0 Å². The minimum absolute atomic E-state index is 0.127. The molecule has 0 N–H and O–H groups in total. The third-order valence-corrected chi connectivity index (χ3v) is 4.06. The van der Waals surface area contributed by atoms with Crippen molar-refractivity contribution in [3.63, 3.8) is 0 Å². The monoisotopic (exact) mass is 358 g/mol. The van der Waals surface area contributed by atoms with E-state index in [0.29, 0.717) is 24.3 Å². The van der Waals surface area contributed by atoms with Gasteiger partial charge < -0.3 is 23.7 Å². The molecular weight excluding hydrogens is 332 g/mol. The maximum Gasteiger partial charge on any atom is 0.188 e. The third kappa shape index (κ3) is 4.84. The van der Waals surface area contributed by atoms with Crippen LogP contribution in [-0.4, -0.2) is 34.1 Å². The molecule has 2 aromatic carbocycles. The summed E-state index contributed by atoms with van der Waals surface area (Å²) in [4.78, 5) is 11.0. The number of rotatable bonds is 11. The van der Waals surface area contributed by atoms with Gasteiger partial charge in [0.1, 0.15) is 17.8 Å². The fraction of sp³-hybridized carbons (Fsp3) is 0.381. The first-order valence-electron chi connectivity index (χ1n) is 8.68. The lowest BCUT2D eigenvalue weighted by Gasteiger charge is -2.22. The van der Waals surface area contributed by atoms with Crippen molar-refractivity contribution in [2.75, 3.05) is 27.8 Å². The van der Waals surface area contributed by atoms with Crippen LogP contribution in [0.2, 0.25) is 0 Å². The van der Waals surface area contributed by atoms with E-state index in [0.717, 1.165) is 35.0 Å². The van der Waals surface area contributed by atoms with Crippen LogP contribution in [0.4, 0.5) is 0 Å². The summed E-state index contributed by atoms with van der Waals surface area (Å²) in [5, 5.41) is 0. The van der Waals surface area contributed by atoms with Crippen LogP contribution in [0.5, 0.6) is 11.5 Å². The van der Waals surface area contributed by atoms with Gasteiger partial charge in [0.05, 0.1) is 0 Å². The topological polar surface area (TPSA) is 54.0 Å². The predicted octanol–water partition coefficient (Wildman–Crippen LogP) is 4.01. The second kappa shape index (κ2) is 10.6. The van der Waals surface area contributed by atoms with Crippen molar-refractivity contribution in [2.45, 2.75) is 26.2 Å². The van der Waals surface area contributed by atoms with Gasteiger partial charge in [0.2, 0.25) is 0 Å². The van der Waals surface area contributed by atoms with Crippen molar-refractivity contribution >= 4 is 6.29 Å². The minimum atomic E-state index is 0.127. The highest BCUT2D eigenvalue weighted by atomic mass is 16.7. The lowest BCUT2D eigenvalue weighted by atomic mass is 9.90. The van der Waals surface area contributed by atoms with Crippen LogP contribution in [0.15, 0.2) is 36.4 Å². The maximum atomic E-state index is 11.0. The summed E-state index contributed by atoms with van der Waals surface area (Å²) in [6, 6.07) is 11.9. The molecule has 26 heavy (non-hydrogen) atoms. The number of carbonyl (C=O) groups excluding carboxylic acids is 1. The second-order valence-electron chi connectivity index (χ2n) is 5.73. The maximum absolute atomic E-state index is 11.0. The third-order valence-electron chi connectivity index (χ3n) is 4.06. The quantitative estimate of drug-likeness (QED) is 0.449. The lowest BCUT2D eigenvalue weighted by Crippen LogP contribution is -2.09. The van der Waals surface area contributed by atoms with Gasteiger partial charge in [-0.3, -0.25) is 0 Å². The van der Waals surface area contributed by atoms with Gasteiger partial charge >= 0.3 is 0 Å². The van der Waals surface area contributed by atoms with Gasteiger partial charge in [-0.2, -0.15) is 0 Å². The van der Waals surface area contributed by atoms with Gasteiger partial charge in [-0.15, -0.1) is 0 Å². The van der Waals surface area contributed by atoms with Crippen molar-refractivity contribution < 1.29 is 23.7 Å². The van der Waals surface area contributed by atoms with Crippen molar-refractivity contribution in [2.24, 2.45) is 0 Å². The van der Waals surface area contributed by atoms with E-state index in [9.17, 15) is 4.79 Å². The van der Waals surface area contributed by atoms with Crippen LogP contribution in [0.3, 0.4) is 0 Å². The Balaban J connectivity index is 2.67. The van der Waals surface area contributed by atoms with E-state index in [1.54, 1.807) is 14.2 Å². The van der Waals surface area contributed by atoms with Gasteiger partial charge in [-0.05, 0) is 29.5 Å². The van der Waals surface area contributed by atoms with Gasteiger partial charge in [-0.1, -0.05) is 37.3 Å². The van der Waals surface area contributed by atoms with Crippen LogP contribution in [0, 0.1) is 0 Å². The molecule has 0 aliphatic carbocycles. The highest BCUT2D eigenvalue weighted by molar-refractivity contribution is 5.77. The van der Waals surface area contributed by atoms with Crippen molar-refractivity contribution in [3.05, 3.63) is 47.5 Å². The van der Waals surface area contributed by atoms with Crippen LogP contribution in [0.1, 0.15) is 24.5 Å². The zero-order valence-electron chi connectivity index (χ0n) is 15.6. The Kier molecular flexibility index (Phi) is 8.12. The van der Waals surface area contributed by atoms with Crippen molar-refractivity contribution in [1.82, 2.24) is 0 Å². The fourth-order valence-corrected chi connectivity index (χ4v) is 3.00. The van der Waals surface area contributed by atoms with Crippen LogP contribution in [-0.2, 0) is 27.1 Å². The molecule has 0 atom stereocenters. The average Bonchev–Trinajstić information content (AvgIpc) is 2.69. The smallest absolute Gasteiger partial charge is 0.188 e. The molecule has 0 bridgehead atoms. The molecule has 2 rings (SSSR count). The molecule has 0 fully saturated rings. The summed E-state index contributed by atoms with van der Waals surface area (Å²) in [7, 11) is 3.16. The zero-order valence-corrected chi connectivity index (χ0v) is 15.6. The molecule has 0 radical (unpaired) electrons. The van der Waals surface area contributed by atoms with Crippen LogP contribution < -0.4 is 9.47 Å². The minimum Gasteiger partial charge on any atom is -0.467 e. The first-order valence-corrected chi connectivity index (χ1v) is 8.68. The molecule has 0 saturated heterocycles. The van der Waals surface area contributed by atoms with E-state index in [-0.39, 0.29) is 13.6 Å². The van der Waals surface area contributed by atoms with E-state index in [1.165, 1.54) is 0 Å². The second-order valence-corrected chi connectivity index (χ2v) is 5.73. The van der Waals surface area contributed by atoms with Crippen molar-refractivity contribution in [3.8, 4) is 22.6 Å². The number of ether oxygens (including phenoxy) is 4. The normalized spacial score (nSPS) is 10.6. The van der Waals surface area contributed by atoms with Crippen LogP contribution >= 0.6 is 0 Å². The summed E-state index contributed by atoms with van der Waals surface area (Å²) in [6.45, 7) is 2.35. The number of hydrogen-bond donors (Lipinski definition) is 0. The first kappa shape index (κ1) is 19.9. The Morgan fingerprint density at radius 3 is 2.15 bits per heavy atom. The van der Waals surface area contributed by atoms with Gasteiger partial charge in [0.25, 0.3) is 0 Å². The largest absolute Gasteiger partial charge is 0.467 e. The summed E-state index contributed by atoms with van der Waals surface area (Å²) < 4.78 is 21.8. The number of methoxy groups -OCH3 is 2. The average molecular weight is 358 g/mol. The molecule has 0 amide bonds. The molecule has 5 nitrogen and oxygen atoms in total. The number of aldehydes is 1. The Hall–Kier alpha value is -2.37. The van der Waals surface area contributed by atoms with Crippen LogP contribution in [0.25, 0.3) is 11.1 Å². The standard InChI is InChI=1S/C21H26O5/c1-4-17-18(11-8-12-22)21(16-9-6-5-7-10-16)20(26-15-24-3)13-19(17)25-14-23-2/h5-7,9-10,12-13H,4,8,11,14-15H2,1-3H3. The molecule has 140 valence electrons. The molecule has 0 saturated carbocycles. The summed E-state index contributed by atoms with van der Waals surface area (Å²) in [5.74, 6) is 1.38. The first-order chi connectivity index (χ1) is 12.8. The number of hydrogen-bond acceptors (Lipinski definition) is 5. The molecule has 0 unspecified atom stereocenters. The Labute approximate surface area is 154 Å². The summed E-state index contributed by atoms with van der Waals surface area (Å²) in [5.41, 5.74) is 4.14. The van der Waals surface area contributed by atoms with E-state index < -0.39 is 0 Å². The number of benzene rings is 2. The molecule has 5 heteroatoms. The Morgan fingerprint density at radius 1 is 0.923 bits per heavy atom. The highest BCUT2D eigenvalue weighted by Crippen LogP contribution is 2.41. The summed E-state index contributed by atoms with van der Waals surface area (Å²) >= 11 is 0. The molecule has 0 heterocycles. The van der Waals surface area contributed by atoms with E-state index in [4.69, 9.17) is 18.9 Å². The number of carbonyl (C=O) groups is 1. The zero-order chi connectivity index (χ0) is 18.8. The van der Waals surface area contributed by atoms with E-state index >= 15 is 0 Å². The van der Waals surface area contributed by atoms with Gasteiger partial charge in [0, 0.05) is 32.3 Å². The molecule has 0 aliphatic rings. The molecule has 2 aromatic rings. The SMILES string of the molecule is CCc1c(OCOC)cc(OCOC)c(-c2ccccc2)c1CCC=O. The molecule has 0 aromatic heterocycles. The highest BCUT2D eigenvalue weighted by Gasteiger charge is 2.20. The van der Waals surface area contributed by atoms with E-state index in [1.807, 2.05) is 36.4 Å². The molecule has 0 aliphatic heterocycles. The predicted molar refractivity (Wildman–Crippen MR) is 101 cm³/mol.